The van der Waals surface area contributed by atoms with Crippen LogP contribution >= 0.6 is 15.9 Å². The number of amides is 1. The van der Waals surface area contributed by atoms with E-state index in [0.29, 0.717) is 19.4 Å². The summed E-state index contributed by atoms with van der Waals surface area (Å²) in [5.41, 5.74) is 3.24. The first-order valence-electron chi connectivity index (χ1n) is 7.88. The minimum atomic E-state index is -0.655. The number of hydrogen-bond acceptors (Lipinski definition) is 2. The second kappa shape index (κ2) is 7.35. The zero-order chi connectivity index (χ0) is 18.0. The van der Waals surface area contributed by atoms with E-state index in [2.05, 4.69) is 21.2 Å². The van der Waals surface area contributed by atoms with Crippen LogP contribution in [0.5, 0.6) is 0 Å². The van der Waals surface area contributed by atoms with Gasteiger partial charge in [-0.2, -0.15) is 0 Å². The average Bonchev–Trinajstić information content (AvgIpc) is 2.61. The molecule has 1 amide bonds. The topological polar surface area (TPSA) is 32.3 Å². The van der Waals surface area contributed by atoms with Gasteiger partial charge in [0.2, 0.25) is 6.41 Å². The molecule has 0 aliphatic carbocycles. The van der Waals surface area contributed by atoms with Crippen LogP contribution in [-0.4, -0.2) is 24.9 Å². The van der Waals surface area contributed by atoms with Crippen molar-refractivity contribution in [3.63, 3.8) is 0 Å². The Bertz CT molecular complexity index is 838. The zero-order valence-electron chi connectivity index (χ0n) is 13.6. The average molecular weight is 407 g/mol. The normalized spacial score (nSPS) is 17.2. The molecule has 0 saturated carbocycles. The van der Waals surface area contributed by atoms with Crippen molar-refractivity contribution in [2.45, 2.75) is 12.5 Å². The number of carbonyl (C=O) groups excluding carboxylic acids is 1. The van der Waals surface area contributed by atoms with Gasteiger partial charge in [-0.05, 0) is 36.3 Å². The van der Waals surface area contributed by atoms with Crippen LogP contribution in [0.4, 0.5) is 14.5 Å². The monoisotopic (exact) mass is 406 g/mol. The summed E-state index contributed by atoms with van der Waals surface area (Å²) in [6.07, 6.45) is 3.24. The van der Waals surface area contributed by atoms with Gasteiger partial charge in [-0.15, -0.1) is 0 Å². The molecule has 2 aromatic rings. The summed E-state index contributed by atoms with van der Waals surface area (Å²) < 4.78 is 28.4. The van der Waals surface area contributed by atoms with Crippen LogP contribution in [0, 0.1) is 11.6 Å². The lowest BCUT2D eigenvalue weighted by molar-refractivity contribution is -0.119. The molecule has 2 aromatic carbocycles. The molecule has 1 unspecified atom stereocenters. The predicted molar refractivity (Wildman–Crippen MR) is 98.2 cm³/mol. The molecule has 1 aliphatic rings. The van der Waals surface area contributed by atoms with E-state index >= 15 is 0 Å². The molecular weight excluding hydrogens is 390 g/mol. The van der Waals surface area contributed by atoms with Gasteiger partial charge in [0, 0.05) is 40.9 Å². The second-order valence-corrected chi connectivity index (χ2v) is 6.75. The van der Waals surface area contributed by atoms with Gasteiger partial charge in [0.15, 0.2) is 0 Å². The quantitative estimate of drug-likeness (QED) is 0.742. The van der Waals surface area contributed by atoms with Gasteiger partial charge in [0.25, 0.3) is 0 Å². The number of halogens is 3. The minimum Gasteiger partial charge on any atom is -0.388 e. The number of nitrogens with one attached hydrogen (secondary N) is 1. The van der Waals surface area contributed by atoms with Gasteiger partial charge in [0.05, 0.1) is 6.04 Å². The maximum atomic E-state index is 14.3. The highest BCUT2D eigenvalue weighted by molar-refractivity contribution is 9.10. The van der Waals surface area contributed by atoms with Crippen LogP contribution in [0.3, 0.4) is 0 Å². The van der Waals surface area contributed by atoms with Crippen molar-refractivity contribution in [3.8, 4) is 0 Å². The highest BCUT2D eigenvalue weighted by Gasteiger charge is 2.26. The largest absolute Gasteiger partial charge is 0.388 e. The molecule has 3 rings (SSSR count). The van der Waals surface area contributed by atoms with E-state index in [1.807, 2.05) is 31.3 Å². The standard InChI is InChI=1S/C19H17BrF2N2O/c1-23-18-5-2-13(20)9-16(18)12-6-7-24(11-25)19(8-12)15-4-3-14(21)10-17(15)22/h2-5,8-11,19,23H,6-7H2,1H3. The molecule has 130 valence electrons. The third kappa shape index (κ3) is 3.58. The molecule has 25 heavy (non-hydrogen) atoms. The second-order valence-electron chi connectivity index (χ2n) is 5.84. The zero-order valence-corrected chi connectivity index (χ0v) is 15.2. The molecular formula is C19H17BrF2N2O. The smallest absolute Gasteiger partial charge is 0.210 e. The molecule has 0 bridgehead atoms. The van der Waals surface area contributed by atoms with Gasteiger partial charge in [0.1, 0.15) is 11.6 Å². The van der Waals surface area contributed by atoms with E-state index in [1.54, 1.807) is 0 Å². The van der Waals surface area contributed by atoms with Crippen molar-refractivity contribution in [1.82, 2.24) is 4.90 Å². The molecule has 1 atom stereocenters. The Kier molecular flexibility index (Phi) is 5.18. The fraction of sp³-hybridized carbons (Fsp3) is 0.211. The Morgan fingerprint density at radius 2 is 2.04 bits per heavy atom. The van der Waals surface area contributed by atoms with Crippen molar-refractivity contribution in [2.75, 3.05) is 18.9 Å². The molecule has 0 fully saturated rings. The molecule has 0 spiro atoms. The van der Waals surface area contributed by atoms with E-state index < -0.39 is 17.7 Å². The number of nitrogens with zero attached hydrogens (tertiary/aromatic N) is 1. The SMILES string of the molecule is CNc1ccc(Br)cc1C1=CC(c2ccc(F)cc2F)N(C=O)CC1. The number of rotatable bonds is 4. The third-order valence-electron chi connectivity index (χ3n) is 4.37. The van der Waals surface area contributed by atoms with E-state index in [4.69, 9.17) is 0 Å². The van der Waals surface area contributed by atoms with E-state index in [1.165, 1.54) is 17.0 Å². The highest BCUT2D eigenvalue weighted by Crippen LogP contribution is 2.37. The summed E-state index contributed by atoms with van der Waals surface area (Å²) in [5, 5.41) is 3.15. The molecule has 1 N–H and O–H groups in total. The van der Waals surface area contributed by atoms with Gasteiger partial charge < -0.3 is 10.2 Å². The first-order chi connectivity index (χ1) is 12.0. The number of benzene rings is 2. The van der Waals surface area contributed by atoms with Gasteiger partial charge in [-0.1, -0.05) is 28.1 Å². The van der Waals surface area contributed by atoms with E-state index in [0.717, 1.165) is 27.4 Å². The fourth-order valence-corrected chi connectivity index (χ4v) is 3.47. The Hall–Kier alpha value is -2.21. The van der Waals surface area contributed by atoms with Crippen LogP contribution in [0.15, 0.2) is 46.9 Å². The first kappa shape index (κ1) is 17.6. The molecule has 0 radical (unpaired) electrons. The Morgan fingerprint density at radius 3 is 2.72 bits per heavy atom. The highest BCUT2D eigenvalue weighted by atomic mass is 79.9. The summed E-state index contributed by atoms with van der Waals surface area (Å²) in [5.74, 6) is -1.29. The summed E-state index contributed by atoms with van der Waals surface area (Å²) in [7, 11) is 1.84. The van der Waals surface area contributed by atoms with Gasteiger partial charge in [-0.3, -0.25) is 4.79 Å². The van der Waals surface area contributed by atoms with Crippen molar-refractivity contribution in [3.05, 3.63) is 69.7 Å². The molecule has 0 aromatic heterocycles. The minimum absolute atomic E-state index is 0.284. The summed E-state index contributed by atoms with van der Waals surface area (Å²) in [6.45, 7) is 0.465. The molecule has 1 aliphatic heterocycles. The number of carbonyl (C=O) groups is 1. The molecule has 6 heteroatoms. The lowest BCUT2D eigenvalue weighted by atomic mass is 9.91. The van der Waals surface area contributed by atoms with Gasteiger partial charge in [-0.25, -0.2) is 8.78 Å². The number of hydrogen-bond donors (Lipinski definition) is 1. The van der Waals surface area contributed by atoms with Gasteiger partial charge >= 0.3 is 0 Å². The fourth-order valence-electron chi connectivity index (χ4n) is 3.11. The summed E-state index contributed by atoms with van der Waals surface area (Å²) in [6, 6.07) is 8.77. The van der Waals surface area contributed by atoms with E-state index in [9.17, 15) is 13.6 Å². The first-order valence-corrected chi connectivity index (χ1v) is 8.67. The van der Waals surface area contributed by atoms with Crippen LogP contribution in [0.25, 0.3) is 5.57 Å². The summed E-state index contributed by atoms with van der Waals surface area (Å²) >= 11 is 3.47. The van der Waals surface area contributed by atoms with Crippen LogP contribution in [0.2, 0.25) is 0 Å². The molecule has 1 heterocycles. The predicted octanol–water partition coefficient (Wildman–Crippen LogP) is 4.76. The lowest BCUT2D eigenvalue weighted by Gasteiger charge is -2.32. The summed E-state index contributed by atoms with van der Waals surface area (Å²) in [4.78, 5) is 12.9. The number of anilines is 1. The Morgan fingerprint density at radius 1 is 1.24 bits per heavy atom. The van der Waals surface area contributed by atoms with Crippen molar-refractivity contribution in [1.29, 1.82) is 0 Å². The van der Waals surface area contributed by atoms with Crippen molar-refractivity contribution >= 4 is 33.6 Å². The maximum absolute atomic E-state index is 14.3. The van der Waals surface area contributed by atoms with Crippen LogP contribution in [-0.2, 0) is 4.79 Å². The molecule has 0 saturated heterocycles. The molecule has 3 nitrogen and oxygen atoms in total. The Balaban J connectivity index is 2.09. The van der Waals surface area contributed by atoms with E-state index in [-0.39, 0.29) is 5.56 Å². The van der Waals surface area contributed by atoms with Crippen LogP contribution < -0.4 is 5.32 Å². The maximum Gasteiger partial charge on any atom is 0.210 e. The Labute approximate surface area is 153 Å². The van der Waals surface area contributed by atoms with Crippen molar-refractivity contribution < 1.29 is 13.6 Å². The lowest BCUT2D eigenvalue weighted by Crippen LogP contribution is -2.31. The van der Waals surface area contributed by atoms with Crippen LogP contribution in [0.1, 0.15) is 23.6 Å². The van der Waals surface area contributed by atoms with Crippen molar-refractivity contribution in [2.24, 2.45) is 0 Å². The third-order valence-corrected chi connectivity index (χ3v) is 4.86.